The first kappa shape index (κ1) is 14.6. The maximum absolute atomic E-state index is 13.3. The van der Waals surface area contributed by atoms with Crippen LogP contribution >= 0.6 is 11.8 Å². The SMILES string of the molecule is OCCC#Cc1cc(F)ccc1CSc1ccccc1. The lowest BCUT2D eigenvalue weighted by atomic mass is 10.1. The molecule has 0 heterocycles. The van der Waals surface area contributed by atoms with Gasteiger partial charge in [-0.3, -0.25) is 0 Å². The van der Waals surface area contributed by atoms with E-state index < -0.39 is 0 Å². The van der Waals surface area contributed by atoms with Crippen LogP contribution in [0.25, 0.3) is 0 Å². The van der Waals surface area contributed by atoms with E-state index in [0.717, 1.165) is 11.3 Å². The second kappa shape index (κ2) is 7.74. The van der Waals surface area contributed by atoms with Crippen LogP contribution in [0.1, 0.15) is 17.5 Å². The van der Waals surface area contributed by atoms with Crippen LogP contribution in [0.15, 0.2) is 53.4 Å². The van der Waals surface area contributed by atoms with Gasteiger partial charge in [0.15, 0.2) is 0 Å². The molecule has 1 N–H and O–H groups in total. The number of thioether (sulfide) groups is 1. The number of benzene rings is 2. The van der Waals surface area contributed by atoms with Crippen molar-refractivity contribution >= 4 is 11.8 Å². The Morgan fingerprint density at radius 3 is 2.65 bits per heavy atom. The zero-order valence-electron chi connectivity index (χ0n) is 11.0. The summed E-state index contributed by atoms with van der Waals surface area (Å²) in [4.78, 5) is 1.17. The molecule has 20 heavy (non-hydrogen) atoms. The number of halogens is 1. The number of rotatable bonds is 4. The molecular formula is C17H15FOS. The molecule has 0 spiro atoms. The number of hydrogen-bond donors (Lipinski definition) is 1. The molecule has 0 aromatic heterocycles. The fourth-order valence-electron chi connectivity index (χ4n) is 1.68. The Bertz CT molecular complexity index is 614. The Hall–Kier alpha value is -1.76. The van der Waals surface area contributed by atoms with E-state index in [1.807, 2.05) is 30.3 Å². The molecule has 2 aromatic rings. The molecule has 0 aliphatic carbocycles. The average molecular weight is 286 g/mol. The molecular weight excluding hydrogens is 271 g/mol. The van der Waals surface area contributed by atoms with Gasteiger partial charge in [-0.25, -0.2) is 4.39 Å². The van der Waals surface area contributed by atoms with Crippen LogP contribution in [0.3, 0.4) is 0 Å². The van der Waals surface area contributed by atoms with Gasteiger partial charge in [0.1, 0.15) is 5.82 Å². The normalized spacial score (nSPS) is 9.90. The van der Waals surface area contributed by atoms with Gasteiger partial charge in [0, 0.05) is 22.6 Å². The van der Waals surface area contributed by atoms with Crippen LogP contribution in [0.2, 0.25) is 0 Å². The third-order valence-corrected chi connectivity index (χ3v) is 3.73. The molecule has 0 aliphatic heterocycles. The highest BCUT2D eigenvalue weighted by atomic mass is 32.2. The summed E-state index contributed by atoms with van der Waals surface area (Å²) >= 11 is 1.69. The standard InChI is InChI=1S/C17H15FOS/c18-16-10-9-15(14(12-16)6-4-5-11-19)13-20-17-7-2-1-3-8-17/h1-3,7-10,12,19H,5,11,13H2. The highest BCUT2D eigenvalue weighted by Crippen LogP contribution is 2.24. The van der Waals surface area contributed by atoms with Gasteiger partial charge in [0.2, 0.25) is 0 Å². The van der Waals surface area contributed by atoms with Crippen molar-refractivity contribution in [3.8, 4) is 11.8 Å². The fraction of sp³-hybridized carbons (Fsp3) is 0.176. The van der Waals surface area contributed by atoms with E-state index in [1.165, 1.54) is 17.0 Å². The van der Waals surface area contributed by atoms with Gasteiger partial charge in [-0.2, -0.15) is 0 Å². The molecule has 0 unspecified atom stereocenters. The summed E-state index contributed by atoms with van der Waals surface area (Å²) in [5.74, 6) is 6.23. The van der Waals surface area contributed by atoms with Crippen molar-refractivity contribution in [2.75, 3.05) is 6.61 Å². The Morgan fingerprint density at radius 1 is 1.10 bits per heavy atom. The van der Waals surface area contributed by atoms with Crippen molar-refractivity contribution in [1.82, 2.24) is 0 Å². The summed E-state index contributed by atoms with van der Waals surface area (Å²) in [7, 11) is 0. The van der Waals surface area contributed by atoms with Gasteiger partial charge in [0.05, 0.1) is 6.61 Å². The molecule has 102 valence electrons. The minimum absolute atomic E-state index is 0.0242. The highest BCUT2D eigenvalue weighted by Gasteiger charge is 2.03. The van der Waals surface area contributed by atoms with Gasteiger partial charge in [-0.15, -0.1) is 11.8 Å². The third-order valence-electron chi connectivity index (χ3n) is 2.67. The van der Waals surface area contributed by atoms with Crippen LogP contribution in [0.5, 0.6) is 0 Å². The second-order valence-electron chi connectivity index (χ2n) is 4.18. The van der Waals surface area contributed by atoms with Crippen molar-refractivity contribution < 1.29 is 9.50 Å². The molecule has 0 bridgehead atoms. The minimum Gasteiger partial charge on any atom is -0.395 e. The van der Waals surface area contributed by atoms with E-state index in [4.69, 9.17) is 5.11 Å². The first-order valence-electron chi connectivity index (χ1n) is 6.35. The van der Waals surface area contributed by atoms with Gasteiger partial charge in [0.25, 0.3) is 0 Å². The summed E-state index contributed by atoms with van der Waals surface area (Å²) in [5, 5.41) is 8.74. The average Bonchev–Trinajstić information content (AvgIpc) is 2.48. The summed E-state index contributed by atoms with van der Waals surface area (Å²) in [6, 6.07) is 14.7. The van der Waals surface area contributed by atoms with Crippen LogP contribution in [0.4, 0.5) is 4.39 Å². The fourth-order valence-corrected chi connectivity index (χ4v) is 2.61. The second-order valence-corrected chi connectivity index (χ2v) is 5.23. The first-order valence-corrected chi connectivity index (χ1v) is 7.34. The Balaban J connectivity index is 2.13. The zero-order chi connectivity index (χ0) is 14.2. The first-order chi connectivity index (χ1) is 9.79. The lowest BCUT2D eigenvalue weighted by Gasteiger charge is -2.05. The Morgan fingerprint density at radius 2 is 1.90 bits per heavy atom. The van der Waals surface area contributed by atoms with E-state index in [9.17, 15) is 4.39 Å². The van der Waals surface area contributed by atoms with Gasteiger partial charge in [-0.05, 0) is 29.8 Å². The number of aliphatic hydroxyl groups excluding tert-OH is 1. The minimum atomic E-state index is -0.285. The largest absolute Gasteiger partial charge is 0.395 e. The monoisotopic (exact) mass is 286 g/mol. The quantitative estimate of drug-likeness (QED) is 0.680. The summed E-state index contributed by atoms with van der Waals surface area (Å²) in [5.41, 5.74) is 1.70. The van der Waals surface area contributed by atoms with Gasteiger partial charge >= 0.3 is 0 Å². The molecule has 0 amide bonds. The van der Waals surface area contributed by atoms with Crippen LogP contribution in [-0.4, -0.2) is 11.7 Å². The van der Waals surface area contributed by atoms with Crippen molar-refractivity contribution in [1.29, 1.82) is 0 Å². The summed E-state index contributed by atoms with van der Waals surface area (Å²) in [6.45, 7) is 0.0242. The van der Waals surface area contributed by atoms with E-state index >= 15 is 0 Å². The highest BCUT2D eigenvalue weighted by molar-refractivity contribution is 7.98. The van der Waals surface area contributed by atoms with Crippen molar-refractivity contribution in [2.24, 2.45) is 0 Å². The molecule has 3 heteroatoms. The molecule has 0 fully saturated rings. The summed E-state index contributed by atoms with van der Waals surface area (Å²) < 4.78 is 13.3. The van der Waals surface area contributed by atoms with Gasteiger partial charge in [-0.1, -0.05) is 36.1 Å². The van der Waals surface area contributed by atoms with Crippen LogP contribution in [0, 0.1) is 17.7 Å². The molecule has 2 rings (SSSR count). The Labute approximate surface area is 122 Å². The van der Waals surface area contributed by atoms with Crippen molar-refractivity contribution in [3.05, 3.63) is 65.5 Å². The zero-order valence-corrected chi connectivity index (χ0v) is 11.8. The molecule has 0 aliphatic rings. The van der Waals surface area contributed by atoms with Crippen molar-refractivity contribution in [2.45, 2.75) is 17.1 Å². The van der Waals surface area contributed by atoms with Crippen LogP contribution in [-0.2, 0) is 5.75 Å². The maximum atomic E-state index is 13.3. The predicted octanol–water partition coefficient (Wildman–Crippen LogP) is 3.85. The summed E-state index contributed by atoms with van der Waals surface area (Å²) in [6.07, 6.45) is 0.405. The number of aliphatic hydroxyl groups is 1. The smallest absolute Gasteiger partial charge is 0.124 e. The topological polar surface area (TPSA) is 20.2 Å². The molecule has 1 nitrogen and oxygen atoms in total. The van der Waals surface area contributed by atoms with Crippen LogP contribution < -0.4 is 0 Å². The third kappa shape index (κ3) is 4.41. The number of hydrogen-bond acceptors (Lipinski definition) is 2. The van der Waals surface area contributed by atoms with E-state index in [0.29, 0.717) is 12.0 Å². The van der Waals surface area contributed by atoms with E-state index in [1.54, 1.807) is 17.8 Å². The molecule has 0 saturated carbocycles. The molecule has 2 aromatic carbocycles. The maximum Gasteiger partial charge on any atom is 0.124 e. The molecule has 0 atom stereocenters. The van der Waals surface area contributed by atoms with E-state index in [2.05, 4.69) is 11.8 Å². The van der Waals surface area contributed by atoms with Gasteiger partial charge < -0.3 is 5.11 Å². The lowest BCUT2D eigenvalue weighted by molar-refractivity contribution is 0.305. The molecule has 0 saturated heterocycles. The molecule has 0 radical (unpaired) electrons. The van der Waals surface area contributed by atoms with E-state index in [-0.39, 0.29) is 12.4 Å². The lowest BCUT2D eigenvalue weighted by Crippen LogP contribution is -1.90. The Kier molecular flexibility index (Phi) is 5.67. The van der Waals surface area contributed by atoms with Crippen molar-refractivity contribution in [3.63, 3.8) is 0 Å². The predicted molar refractivity (Wildman–Crippen MR) is 81.0 cm³/mol.